The van der Waals surface area contributed by atoms with E-state index in [0.717, 1.165) is 12.8 Å². The van der Waals surface area contributed by atoms with Crippen molar-refractivity contribution in [2.24, 2.45) is 11.1 Å². The summed E-state index contributed by atoms with van der Waals surface area (Å²) in [5, 5.41) is 0. The Balaban J connectivity index is 2.61. The summed E-state index contributed by atoms with van der Waals surface area (Å²) in [4.78, 5) is 10.7. The molecule has 1 rings (SSSR count). The smallest absolute Gasteiger partial charge is 0.223 e. The van der Waals surface area contributed by atoms with Crippen LogP contribution in [0.3, 0.4) is 0 Å². The first-order valence-corrected chi connectivity index (χ1v) is 3.45. The van der Waals surface area contributed by atoms with Crippen LogP contribution in [0.25, 0.3) is 0 Å². The number of amides is 1. The zero-order valence-electron chi connectivity index (χ0n) is 5.81. The first kappa shape index (κ1) is 6.59. The van der Waals surface area contributed by atoms with Crippen molar-refractivity contribution in [1.29, 1.82) is 0 Å². The van der Waals surface area contributed by atoms with Gasteiger partial charge in [-0.1, -0.05) is 19.8 Å². The molecule has 52 valence electrons. The number of hydrogen-bond acceptors (Lipinski definition) is 1. The Hall–Kier alpha value is -0.530. The fourth-order valence-corrected chi connectivity index (χ4v) is 1.40. The molecule has 2 heteroatoms. The standard InChI is InChI=1S/C7H13NO/c1-7(6(8)9)4-2-3-5-7/h2-5H2,1H3,(H2,8,9). The molecule has 0 aliphatic heterocycles. The van der Waals surface area contributed by atoms with Crippen LogP contribution in [0, 0.1) is 5.41 Å². The molecular formula is C7H13NO. The highest BCUT2D eigenvalue weighted by molar-refractivity contribution is 5.80. The van der Waals surface area contributed by atoms with Gasteiger partial charge in [-0.3, -0.25) is 4.79 Å². The number of carbonyl (C=O) groups is 1. The molecule has 1 aliphatic carbocycles. The van der Waals surface area contributed by atoms with Crippen molar-refractivity contribution >= 4 is 5.91 Å². The van der Waals surface area contributed by atoms with Crippen molar-refractivity contribution < 1.29 is 4.79 Å². The Morgan fingerprint density at radius 3 is 2.11 bits per heavy atom. The normalized spacial score (nSPS) is 24.1. The lowest BCUT2D eigenvalue weighted by Crippen LogP contribution is -2.31. The topological polar surface area (TPSA) is 43.1 Å². The minimum atomic E-state index is -0.167. The second-order valence-corrected chi connectivity index (χ2v) is 3.13. The van der Waals surface area contributed by atoms with E-state index in [2.05, 4.69) is 0 Å². The van der Waals surface area contributed by atoms with Crippen molar-refractivity contribution in [1.82, 2.24) is 0 Å². The van der Waals surface area contributed by atoms with Crippen LogP contribution in [0.2, 0.25) is 0 Å². The van der Waals surface area contributed by atoms with Gasteiger partial charge >= 0.3 is 0 Å². The number of primary amides is 1. The van der Waals surface area contributed by atoms with Crippen molar-refractivity contribution in [2.75, 3.05) is 0 Å². The highest BCUT2D eigenvalue weighted by atomic mass is 16.1. The third kappa shape index (κ3) is 1.07. The van der Waals surface area contributed by atoms with Gasteiger partial charge in [-0.15, -0.1) is 0 Å². The van der Waals surface area contributed by atoms with Gasteiger partial charge in [0.25, 0.3) is 0 Å². The maximum atomic E-state index is 10.7. The first-order chi connectivity index (χ1) is 4.15. The van der Waals surface area contributed by atoms with Crippen LogP contribution in [0.5, 0.6) is 0 Å². The average molecular weight is 127 g/mol. The largest absolute Gasteiger partial charge is 0.369 e. The fourth-order valence-electron chi connectivity index (χ4n) is 1.40. The highest BCUT2D eigenvalue weighted by Gasteiger charge is 2.33. The SMILES string of the molecule is CC1(C(N)=O)CCCC1. The van der Waals surface area contributed by atoms with Crippen LogP contribution in [-0.4, -0.2) is 5.91 Å². The van der Waals surface area contributed by atoms with Crippen LogP contribution in [0.1, 0.15) is 32.6 Å². The predicted molar refractivity (Wildman–Crippen MR) is 35.8 cm³/mol. The van der Waals surface area contributed by atoms with Gasteiger partial charge in [0.2, 0.25) is 5.91 Å². The molecule has 2 nitrogen and oxygen atoms in total. The lowest BCUT2D eigenvalue weighted by atomic mass is 9.88. The van der Waals surface area contributed by atoms with Crippen LogP contribution in [0.15, 0.2) is 0 Å². The number of hydrogen-bond donors (Lipinski definition) is 1. The van der Waals surface area contributed by atoms with E-state index in [-0.39, 0.29) is 11.3 Å². The van der Waals surface area contributed by atoms with E-state index in [1.54, 1.807) is 0 Å². The third-order valence-corrected chi connectivity index (χ3v) is 2.30. The van der Waals surface area contributed by atoms with Crippen molar-refractivity contribution in [3.8, 4) is 0 Å². The molecule has 0 spiro atoms. The number of rotatable bonds is 1. The summed E-state index contributed by atoms with van der Waals surface area (Å²) in [6.07, 6.45) is 4.31. The van der Waals surface area contributed by atoms with Gasteiger partial charge in [0.15, 0.2) is 0 Å². The molecule has 0 radical (unpaired) electrons. The quantitative estimate of drug-likeness (QED) is 0.562. The van der Waals surface area contributed by atoms with Gasteiger partial charge < -0.3 is 5.73 Å². The molecule has 1 saturated carbocycles. The summed E-state index contributed by atoms with van der Waals surface area (Å²) in [5.74, 6) is -0.125. The maximum Gasteiger partial charge on any atom is 0.223 e. The fraction of sp³-hybridized carbons (Fsp3) is 0.857. The second-order valence-electron chi connectivity index (χ2n) is 3.13. The molecule has 1 fully saturated rings. The Kier molecular flexibility index (Phi) is 1.47. The van der Waals surface area contributed by atoms with E-state index < -0.39 is 0 Å². The summed E-state index contributed by atoms with van der Waals surface area (Å²) in [5.41, 5.74) is 5.03. The van der Waals surface area contributed by atoms with Crippen LogP contribution >= 0.6 is 0 Å². The van der Waals surface area contributed by atoms with Gasteiger partial charge in [0, 0.05) is 5.41 Å². The number of nitrogens with two attached hydrogens (primary N) is 1. The molecule has 2 N–H and O–H groups in total. The van der Waals surface area contributed by atoms with Crippen molar-refractivity contribution in [3.63, 3.8) is 0 Å². The molecule has 0 aromatic rings. The molecular weight excluding hydrogens is 114 g/mol. The van der Waals surface area contributed by atoms with Gasteiger partial charge in [0.05, 0.1) is 0 Å². The zero-order chi connectivity index (χ0) is 6.91. The molecule has 0 unspecified atom stereocenters. The van der Waals surface area contributed by atoms with Crippen LogP contribution in [0.4, 0.5) is 0 Å². The molecule has 1 aliphatic rings. The minimum Gasteiger partial charge on any atom is -0.369 e. The average Bonchev–Trinajstić information content (AvgIpc) is 2.16. The second kappa shape index (κ2) is 2.01. The molecule has 0 atom stereocenters. The summed E-state index contributed by atoms with van der Waals surface area (Å²) in [7, 11) is 0. The monoisotopic (exact) mass is 127 g/mol. The molecule has 1 amide bonds. The van der Waals surface area contributed by atoms with E-state index >= 15 is 0 Å². The summed E-state index contributed by atoms with van der Waals surface area (Å²) in [6, 6.07) is 0. The summed E-state index contributed by atoms with van der Waals surface area (Å²) >= 11 is 0. The van der Waals surface area contributed by atoms with Gasteiger partial charge in [-0.05, 0) is 12.8 Å². The van der Waals surface area contributed by atoms with Crippen molar-refractivity contribution in [2.45, 2.75) is 32.6 Å². The minimum absolute atomic E-state index is 0.125. The molecule has 9 heavy (non-hydrogen) atoms. The molecule has 0 aromatic heterocycles. The van der Waals surface area contributed by atoms with Crippen LogP contribution in [-0.2, 0) is 4.79 Å². The third-order valence-electron chi connectivity index (χ3n) is 2.30. The Bertz CT molecular complexity index is 125. The Labute approximate surface area is 55.4 Å². The predicted octanol–water partition coefficient (Wildman–Crippen LogP) is 1.05. The van der Waals surface area contributed by atoms with Crippen LogP contribution < -0.4 is 5.73 Å². The van der Waals surface area contributed by atoms with Gasteiger partial charge in [-0.25, -0.2) is 0 Å². The molecule has 0 bridgehead atoms. The summed E-state index contributed by atoms with van der Waals surface area (Å²) in [6.45, 7) is 1.96. The highest BCUT2D eigenvalue weighted by Crippen LogP contribution is 2.36. The van der Waals surface area contributed by atoms with Crippen molar-refractivity contribution in [3.05, 3.63) is 0 Å². The van der Waals surface area contributed by atoms with E-state index in [1.165, 1.54) is 12.8 Å². The molecule has 0 aromatic carbocycles. The first-order valence-electron chi connectivity index (χ1n) is 3.45. The Morgan fingerprint density at radius 1 is 1.44 bits per heavy atom. The van der Waals surface area contributed by atoms with Gasteiger partial charge in [0.1, 0.15) is 0 Å². The lowest BCUT2D eigenvalue weighted by Gasteiger charge is -2.17. The lowest BCUT2D eigenvalue weighted by molar-refractivity contribution is -0.126. The van der Waals surface area contributed by atoms with Gasteiger partial charge in [-0.2, -0.15) is 0 Å². The van der Waals surface area contributed by atoms with E-state index in [0.29, 0.717) is 0 Å². The molecule has 0 saturated heterocycles. The summed E-state index contributed by atoms with van der Waals surface area (Å²) < 4.78 is 0. The number of carbonyl (C=O) groups excluding carboxylic acids is 1. The zero-order valence-corrected chi connectivity index (χ0v) is 5.81. The van der Waals surface area contributed by atoms with E-state index in [4.69, 9.17) is 5.73 Å². The van der Waals surface area contributed by atoms with E-state index in [1.807, 2.05) is 6.92 Å². The maximum absolute atomic E-state index is 10.7. The molecule has 0 heterocycles. The van der Waals surface area contributed by atoms with E-state index in [9.17, 15) is 4.79 Å². The Morgan fingerprint density at radius 2 is 1.89 bits per heavy atom.